The van der Waals surface area contributed by atoms with Crippen LogP contribution >= 0.6 is 23.1 Å². The molecule has 5 rings (SSSR count). The average molecular weight is 537 g/mol. The van der Waals surface area contributed by atoms with Crippen LogP contribution in [-0.2, 0) is 15.1 Å². The van der Waals surface area contributed by atoms with Gasteiger partial charge in [0.25, 0.3) is 5.60 Å². The van der Waals surface area contributed by atoms with Gasteiger partial charge in [-0.05, 0) is 56.0 Å². The largest absolute Gasteiger partial charge is 0.497 e. The molecular weight excluding hydrogens is 513 g/mol. The van der Waals surface area contributed by atoms with Crippen LogP contribution in [0.15, 0.2) is 35.4 Å². The third-order valence-corrected chi connectivity index (χ3v) is 8.66. The first-order valence-electron chi connectivity index (χ1n) is 11.5. The number of hydrogen-bond acceptors (Lipinski definition) is 8. The summed E-state index contributed by atoms with van der Waals surface area (Å²) in [6.45, 7) is 1.74. The molecule has 3 aromatic rings. The third-order valence-electron chi connectivity index (χ3n) is 6.44. The number of aryl methyl sites for hydroxylation is 1. The first-order valence-corrected chi connectivity index (χ1v) is 13.3. The lowest BCUT2D eigenvalue weighted by atomic mass is 9.83. The minimum absolute atomic E-state index is 0.0411. The molecule has 1 aliphatic carbocycles. The van der Waals surface area contributed by atoms with E-state index in [1.54, 1.807) is 32.2 Å². The molecule has 1 unspecified atom stereocenters. The van der Waals surface area contributed by atoms with Crippen molar-refractivity contribution in [3.05, 3.63) is 45.9 Å². The lowest BCUT2D eigenvalue weighted by molar-refractivity contribution is -0.317. The van der Waals surface area contributed by atoms with Crippen LogP contribution in [0.1, 0.15) is 46.1 Å². The number of carbonyl (C=O) groups is 2. The molecule has 3 heterocycles. The van der Waals surface area contributed by atoms with Crippen LogP contribution in [0.4, 0.5) is 13.2 Å². The molecule has 0 spiro atoms. The second-order valence-electron chi connectivity index (χ2n) is 9.01. The number of aromatic nitrogens is 2. The average Bonchev–Trinajstić information content (AvgIpc) is 3.54. The van der Waals surface area contributed by atoms with Crippen LogP contribution in [0.5, 0.6) is 5.75 Å². The lowest BCUT2D eigenvalue weighted by Crippen LogP contribution is -2.65. The molecule has 1 aliphatic heterocycles. The Kier molecular flexibility index (Phi) is 6.59. The zero-order chi connectivity index (χ0) is 25.7. The summed E-state index contributed by atoms with van der Waals surface area (Å²) in [7, 11) is 1.54. The van der Waals surface area contributed by atoms with Gasteiger partial charge in [-0.2, -0.15) is 13.2 Å². The highest BCUT2D eigenvalue weighted by atomic mass is 32.2. The molecule has 11 heteroatoms. The maximum absolute atomic E-state index is 14.1. The standard InChI is InChI=1S/C25H23F3N2O4S2/c1-13-29-17-7-6-15(33-2)11-16(17)23(30-13)35-12-18(31)20-9-10-21(36-20)24(25(26,27)28)22(32)19(34-24)8-5-14-3-4-14/h6-7,9-11,14,19H,3-5,8,12H2,1-2H3/t19?,24-/m1/s1. The van der Waals surface area contributed by atoms with Crippen molar-refractivity contribution in [2.45, 2.75) is 55.5 Å². The summed E-state index contributed by atoms with van der Waals surface area (Å²) in [5.41, 5.74) is -2.28. The van der Waals surface area contributed by atoms with E-state index >= 15 is 0 Å². The van der Waals surface area contributed by atoms with Crippen molar-refractivity contribution in [3.8, 4) is 5.75 Å². The number of alkyl halides is 3. The molecular formula is C25H23F3N2O4S2. The van der Waals surface area contributed by atoms with Gasteiger partial charge in [-0.3, -0.25) is 9.59 Å². The first-order chi connectivity index (χ1) is 17.1. The number of nitrogens with zero attached hydrogens (tertiary/aromatic N) is 2. The number of halogens is 3. The van der Waals surface area contributed by atoms with Gasteiger partial charge in [0.15, 0.2) is 5.78 Å². The fraction of sp³-hybridized carbons (Fsp3) is 0.440. The molecule has 1 saturated heterocycles. The highest BCUT2D eigenvalue weighted by molar-refractivity contribution is 8.00. The molecule has 0 amide bonds. The van der Waals surface area contributed by atoms with E-state index in [0.29, 0.717) is 57.6 Å². The van der Waals surface area contributed by atoms with Crippen molar-refractivity contribution in [3.63, 3.8) is 0 Å². The molecule has 1 saturated carbocycles. The van der Waals surface area contributed by atoms with Gasteiger partial charge in [-0.1, -0.05) is 24.6 Å². The maximum Gasteiger partial charge on any atom is 0.429 e. The smallest absolute Gasteiger partial charge is 0.429 e. The number of Topliss-reactive ketones (excluding diaryl/α,β-unsaturated/α-hetero) is 2. The Bertz CT molecular complexity index is 1340. The van der Waals surface area contributed by atoms with Gasteiger partial charge in [0.2, 0.25) is 5.78 Å². The summed E-state index contributed by atoms with van der Waals surface area (Å²) in [4.78, 5) is 34.3. The summed E-state index contributed by atoms with van der Waals surface area (Å²) >= 11 is 1.83. The number of benzene rings is 1. The molecule has 0 bridgehead atoms. The number of thiophene rings is 1. The van der Waals surface area contributed by atoms with Gasteiger partial charge in [-0.25, -0.2) is 9.97 Å². The van der Waals surface area contributed by atoms with Crippen molar-refractivity contribution >= 4 is 45.6 Å². The van der Waals surface area contributed by atoms with E-state index in [0.717, 1.165) is 12.8 Å². The molecule has 0 N–H and O–H groups in total. The molecule has 2 aliphatic rings. The summed E-state index contributed by atoms with van der Waals surface area (Å²) in [5.74, 6) is 0.262. The van der Waals surface area contributed by atoms with E-state index < -0.39 is 23.7 Å². The summed E-state index contributed by atoms with van der Waals surface area (Å²) < 4.78 is 52.7. The van der Waals surface area contributed by atoms with Gasteiger partial charge in [0.05, 0.1) is 28.1 Å². The Hall–Kier alpha value is -2.50. The van der Waals surface area contributed by atoms with E-state index in [1.807, 2.05) is 0 Å². The van der Waals surface area contributed by atoms with Crippen LogP contribution < -0.4 is 4.74 Å². The number of methoxy groups -OCH3 is 1. The first kappa shape index (κ1) is 25.2. The maximum atomic E-state index is 14.1. The normalized spacial score (nSPS) is 22.0. The van der Waals surface area contributed by atoms with Crippen LogP contribution in [-0.4, -0.2) is 46.7 Å². The molecule has 2 atom stereocenters. The van der Waals surface area contributed by atoms with E-state index in [1.165, 1.54) is 23.9 Å². The number of carbonyl (C=O) groups excluding carboxylic acids is 2. The highest BCUT2D eigenvalue weighted by Gasteiger charge is 2.72. The monoisotopic (exact) mass is 536 g/mol. The van der Waals surface area contributed by atoms with Crippen molar-refractivity contribution in [2.24, 2.45) is 5.92 Å². The van der Waals surface area contributed by atoms with Crippen molar-refractivity contribution in [1.82, 2.24) is 9.97 Å². The fourth-order valence-corrected chi connectivity index (χ4v) is 6.45. The lowest BCUT2D eigenvalue weighted by Gasteiger charge is -2.46. The molecule has 6 nitrogen and oxygen atoms in total. The van der Waals surface area contributed by atoms with E-state index in [9.17, 15) is 22.8 Å². The van der Waals surface area contributed by atoms with Gasteiger partial charge >= 0.3 is 6.18 Å². The van der Waals surface area contributed by atoms with Crippen LogP contribution in [0.2, 0.25) is 0 Å². The van der Waals surface area contributed by atoms with Crippen molar-refractivity contribution in [1.29, 1.82) is 0 Å². The fourth-order valence-electron chi connectivity index (χ4n) is 4.31. The van der Waals surface area contributed by atoms with Gasteiger partial charge in [0.1, 0.15) is 22.7 Å². The molecule has 2 fully saturated rings. The van der Waals surface area contributed by atoms with Crippen LogP contribution in [0.3, 0.4) is 0 Å². The molecule has 0 radical (unpaired) electrons. The minimum atomic E-state index is -4.91. The minimum Gasteiger partial charge on any atom is -0.497 e. The molecule has 2 aromatic heterocycles. The summed E-state index contributed by atoms with van der Waals surface area (Å²) in [5, 5.41) is 1.29. The predicted octanol–water partition coefficient (Wildman–Crippen LogP) is 5.90. The van der Waals surface area contributed by atoms with Gasteiger partial charge in [-0.15, -0.1) is 11.3 Å². The number of ether oxygens (including phenoxy) is 2. The Labute approximate surface area is 213 Å². The number of thioether (sulfide) groups is 1. The number of fused-ring (bicyclic) bond motifs is 1. The Morgan fingerprint density at radius 1 is 1.22 bits per heavy atom. The van der Waals surface area contributed by atoms with E-state index in [2.05, 4.69) is 9.97 Å². The quantitative estimate of drug-likeness (QED) is 0.191. The number of hydrogen-bond donors (Lipinski definition) is 0. The Morgan fingerprint density at radius 2 is 2.00 bits per heavy atom. The van der Waals surface area contributed by atoms with Gasteiger partial charge < -0.3 is 9.47 Å². The van der Waals surface area contributed by atoms with Crippen LogP contribution in [0.25, 0.3) is 10.9 Å². The second kappa shape index (κ2) is 9.42. The second-order valence-corrected chi connectivity index (χ2v) is 11.1. The van der Waals surface area contributed by atoms with Crippen molar-refractivity contribution in [2.75, 3.05) is 12.9 Å². The van der Waals surface area contributed by atoms with E-state index in [-0.39, 0.29) is 21.3 Å². The summed E-state index contributed by atoms with van der Waals surface area (Å²) in [6.07, 6.45) is -2.85. The topological polar surface area (TPSA) is 78.4 Å². The van der Waals surface area contributed by atoms with E-state index in [4.69, 9.17) is 9.47 Å². The van der Waals surface area contributed by atoms with Gasteiger partial charge in [0, 0.05) is 5.39 Å². The van der Waals surface area contributed by atoms with Crippen molar-refractivity contribution < 1.29 is 32.2 Å². The number of ketones is 2. The molecule has 1 aromatic carbocycles. The molecule has 190 valence electrons. The number of rotatable bonds is 9. The zero-order valence-electron chi connectivity index (χ0n) is 19.6. The SMILES string of the molecule is COc1ccc2nc(C)nc(SCC(=O)c3ccc([C@@]4(C(F)(F)F)OC(CCC5CC5)C4=O)s3)c2c1. The highest BCUT2D eigenvalue weighted by Crippen LogP contribution is 2.54. The molecule has 36 heavy (non-hydrogen) atoms. The van der Waals surface area contributed by atoms with Crippen LogP contribution in [0, 0.1) is 12.8 Å². The zero-order valence-corrected chi connectivity index (χ0v) is 21.2. The third kappa shape index (κ3) is 4.52. The summed E-state index contributed by atoms with van der Waals surface area (Å²) in [6, 6.07) is 7.86. The Morgan fingerprint density at radius 3 is 2.67 bits per heavy atom. The predicted molar refractivity (Wildman–Crippen MR) is 130 cm³/mol. The Balaban J connectivity index is 1.32.